The maximum absolute atomic E-state index is 10.9. The van der Waals surface area contributed by atoms with Crippen LogP contribution >= 0.6 is 0 Å². The van der Waals surface area contributed by atoms with Crippen molar-refractivity contribution in [2.45, 2.75) is 33.0 Å². The van der Waals surface area contributed by atoms with Gasteiger partial charge in [0.05, 0.1) is 17.6 Å². The van der Waals surface area contributed by atoms with Gasteiger partial charge in [-0.1, -0.05) is 18.2 Å². The number of hydrogen-bond acceptors (Lipinski definition) is 5. The fourth-order valence-electron chi connectivity index (χ4n) is 3.45. The normalized spacial score (nSPS) is 14.3. The Morgan fingerprint density at radius 2 is 1.90 bits per heavy atom. The lowest BCUT2D eigenvalue weighted by Gasteiger charge is -2.36. The van der Waals surface area contributed by atoms with E-state index in [0.29, 0.717) is 30.9 Å². The first kappa shape index (κ1) is 20.7. The average molecular weight is 393 g/mol. The van der Waals surface area contributed by atoms with Crippen LogP contribution in [-0.2, 0) is 17.9 Å². The molecule has 0 amide bonds. The zero-order valence-corrected chi connectivity index (χ0v) is 17.1. The predicted octanol–water partition coefficient (Wildman–Crippen LogP) is 3.50. The van der Waals surface area contributed by atoms with Gasteiger partial charge in [0.1, 0.15) is 11.8 Å². The summed E-state index contributed by atoms with van der Waals surface area (Å²) in [5.41, 5.74) is 3.86. The Balaban J connectivity index is 1.59. The number of likely N-dealkylation sites (tertiary alicyclic amines) is 1. The molecule has 6 nitrogen and oxygen atoms in total. The van der Waals surface area contributed by atoms with Crippen LogP contribution in [-0.4, -0.2) is 42.2 Å². The summed E-state index contributed by atoms with van der Waals surface area (Å²) >= 11 is 0. The second-order valence-electron chi connectivity index (χ2n) is 7.86. The molecule has 1 heterocycles. The molecule has 3 rings (SSSR count). The third kappa shape index (κ3) is 5.27. The second kappa shape index (κ2) is 8.97. The number of nitriles is 1. The Labute approximate surface area is 171 Å². The zero-order valence-electron chi connectivity index (χ0n) is 17.1. The minimum Gasteiger partial charge on any atom is -0.490 e. The van der Waals surface area contributed by atoms with Crippen LogP contribution in [0.3, 0.4) is 0 Å². The maximum Gasteiger partial charge on any atom is 0.309 e. The van der Waals surface area contributed by atoms with Crippen LogP contribution in [0.4, 0.5) is 5.69 Å². The van der Waals surface area contributed by atoms with E-state index < -0.39 is 5.97 Å². The van der Waals surface area contributed by atoms with Crippen molar-refractivity contribution < 1.29 is 14.6 Å². The Bertz CT molecular complexity index is 897. The number of aliphatic carboxylic acids is 1. The third-order valence-electron chi connectivity index (χ3n) is 5.04. The fourth-order valence-corrected chi connectivity index (χ4v) is 3.45. The highest BCUT2D eigenvalue weighted by Gasteiger charge is 2.32. The van der Waals surface area contributed by atoms with E-state index in [4.69, 9.17) is 9.84 Å². The molecule has 6 heteroatoms. The number of nitrogens with zero attached hydrogens (tertiary/aromatic N) is 3. The lowest BCUT2D eigenvalue weighted by molar-refractivity contribution is -0.147. The first-order chi connectivity index (χ1) is 13.9. The van der Waals surface area contributed by atoms with E-state index in [-0.39, 0.29) is 12.0 Å². The van der Waals surface area contributed by atoms with Crippen LogP contribution in [0.15, 0.2) is 42.5 Å². The SMILES string of the molecule is CC(C)Oc1ccc(CN(C)c2ccc(CN3CC(C(=O)O)C3)cc2)cc1C#N. The predicted molar refractivity (Wildman–Crippen MR) is 112 cm³/mol. The number of rotatable bonds is 8. The standard InChI is InChI=1S/C23H27N3O3/c1-16(2)29-22-9-6-18(10-19(22)11-24)12-25(3)21-7-4-17(5-8-21)13-26-14-20(15-26)23(27)28/h4-10,16,20H,12-15H2,1-3H3,(H,27,28). The van der Waals surface area contributed by atoms with Gasteiger partial charge in [0.15, 0.2) is 0 Å². The number of carboxylic acid groups (broad SMARTS) is 1. The van der Waals surface area contributed by atoms with Crippen LogP contribution in [0.1, 0.15) is 30.5 Å². The molecular weight excluding hydrogens is 366 g/mol. The van der Waals surface area contributed by atoms with E-state index in [1.807, 2.05) is 39.1 Å². The molecule has 2 aromatic carbocycles. The highest BCUT2D eigenvalue weighted by atomic mass is 16.5. The molecule has 0 aromatic heterocycles. The molecule has 2 aromatic rings. The molecule has 1 aliphatic heterocycles. The molecular formula is C23H27N3O3. The number of hydrogen-bond donors (Lipinski definition) is 1. The van der Waals surface area contributed by atoms with Crippen molar-refractivity contribution in [3.63, 3.8) is 0 Å². The quantitative estimate of drug-likeness (QED) is 0.740. The first-order valence-electron chi connectivity index (χ1n) is 9.80. The molecule has 0 spiro atoms. The number of carboxylic acids is 1. The van der Waals surface area contributed by atoms with Crippen molar-refractivity contribution >= 4 is 11.7 Å². The summed E-state index contributed by atoms with van der Waals surface area (Å²) in [6, 6.07) is 16.3. The molecule has 1 N–H and O–H groups in total. The first-order valence-corrected chi connectivity index (χ1v) is 9.80. The smallest absolute Gasteiger partial charge is 0.309 e. The fraction of sp³-hybridized carbons (Fsp3) is 0.391. The van der Waals surface area contributed by atoms with E-state index >= 15 is 0 Å². The molecule has 0 saturated carbocycles. The van der Waals surface area contributed by atoms with E-state index in [9.17, 15) is 10.1 Å². The lowest BCUT2D eigenvalue weighted by Crippen LogP contribution is -2.49. The van der Waals surface area contributed by atoms with E-state index in [0.717, 1.165) is 17.8 Å². The van der Waals surface area contributed by atoms with Gasteiger partial charge in [-0.2, -0.15) is 5.26 Å². The van der Waals surface area contributed by atoms with Crippen LogP contribution in [0, 0.1) is 17.2 Å². The summed E-state index contributed by atoms with van der Waals surface area (Å²) in [5, 5.41) is 18.4. The monoisotopic (exact) mass is 393 g/mol. The zero-order chi connectivity index (χ0) is 21.0. The summed E-state index contributed by atoms with van der Waals surface area (Å²) in [6.07, 6.45) is 0.0282. The minimum atomic E-state index is -0.707. The van der Waals surface area contributed by atoms with E-state index in [1.165, 1.54) is 5.56 Å². The summed E-state index contributed by atoms with van der Waals surface area (Å²) in [7, 11) is 2.02. The number of ether oxygens (including phenoxy) is 1. The van der Waals surface area contributed by atoms with Gasteiger partial charge in [-0.3, -0.25) is 9.69 Å². The van der Waals surface area contributed by atoms with Crippen LogP contribution in [0.25, 0.3) is 0 Å². The Kier molecular flexibility index (Phi) is 6.40. The van der Waals surface area contributed by atoms with Gasteiger partial charge < -0.3 is 14.7 Å². The molecule has 0 atom stereocenters. The number of carbonyl (C=O) groups is 1. The summed E-state index contributed by atoms with van der Waals surface area (Å²) in [5.74, 6) is -0.313. The van der Waals surface area contributed by atoms with E-state index in [2.05, 4.69) is 40.1 Å². The summed E-state index contributed by atoms with van der Waals surface area (Å²) in [6.45, 7) is 6.58. The van der Waals surface area contributed by atoms with Gasteiger partial charge in [0.2, 0.25) is 0 Å². The second-order valence-corrected chi connectivity index (χ2v) is 7.86. The van der Waals surface area contributed by atoms with Gasteiger partial charge in [-0.25, -0.2) is 0 Å². The van der Waals surface area contributed by atoms with Crippen LogP contribution in [0.5, 0.6) is 5.75 Å². The molecule has 1 aliphatic rings. The van der Waals surface area contributed by atoms with E-state index in [1.54, 1.807) is 0 Å². The van der Waals surface area contributed by atoms with Gasteiger partial charge in [0.25, 0.3) is 0 Å². The molecule has 1 saturated heterocycles. The van der Waals surface area contributed by atoms with Crippen molar-refractivity contribution in [3.8, 4) is 11.8 Å². The number of anilines is 1. The lowest BCUT2D eigenvalue weighted by atomic mass is 9.99. The Hall–Kier alpha value is -3.04. The van der Waals surface area contributed by atoms with Gasteiger partial charge in [0, 0.05) is 38.9 Å². The minimum absolute atomic E-state index is 0.0282. The highest BCUT2D eigenvalue weighted by molar-refractivity contribution is 5.71. The Morgan fingerprint density at radius 1 is 1.24 bits per heavy atom. The average Bonchev–Trinajstić information content (AvgIpc) is 2.65. The summed E-state index contributed by atoms with van der Waals surface area (Å²) in [4.78, 5) is 15.2. The molecule has 0 bridgehead atoms. The number of benzene rings is 2. The van der Waals surface area contributed by atoms with Gasteiger partial charge in [-0.05, 0) is 49.2 Å². The molecule has 1 fully saturated rings. The molecule has 0 aliphatic carbocycles. The molecule has 29 heavy (non-hydrogen) atoms. The van der Waals surface area contributed by atoms with Crippen molar-refractivity contribution in [2.24, 2.45) is 5.92 Å². The topological polar surface area (TPSA) is 76.8 Å². The molecule has 0 unspecified atom stereocenters. The van der Waals surface area contributed by atoms with Crippen molar-refractivity contribution in [1.82, 2.24) is 4.90 Å². The Morgan fingerprint density at radius 3 is 2.48 bits per heavy atom. The maximum atomic E-state index is 10.9. The van der Waals surface area contributed by atoms with Crippen LogP contribution in [0.2, 0.25) is 0 Å². The highest BCUT2D eigenvalue weighted by Crippen LogP contribution is 2.24. The third-order valence-corrected chi connectivity index (χ3v) is 5.04. The van der Waals surface area contributed by atoms with Gasteiger partial charge >= 0.3 is 5.97 Å². The van der Waals surface area contributed by atoms with Crippen molar-refractivity contribution in [3.05, 3.63) is 59.2 Å². The van der Waals surface area contributed by atoms with Gasteiger partial charge in [-0.15, -0.1) is 0 Å². The van der Waals surface area contributed by atoms with Crippen molar-refractivity contribution in [1.29, 1.82) is 5.26 Å². The molecule has 0 radical (unpaired) electrons. The largest absolute Gasteiger partial charge is 0.490 e. The van der Waals surface area contributed by atoms with Crippen molar-refractivity contribution in [2.75, 3.05) is 25.0 Å². The molecule has 152 valence electrons. The summed E-state index contributed by atoms with van der Waals surface area (Å²) < 4.78 is 5.69. The van der Waals surface area contributed by atoms with Crippen LogP contribution < -0.4 is 9.64 Å².